The highest BCUT2D eigenvalue weighted by molar-refractivity contribution is 6.06. The summed E-state index contributed by atoms with van der Waals surface area (Å²) in [5.74, 6) is 1.18. The van der Waals surface area contributed by atoms with Crippen molar-refractivity contribution in [1.82, 2.24) is 14.5 Å². The second-order valence-corrected chi connectivity index (χ2v) is 7.99. The number of pyridine rings is 2. The molecule has 0 fully saturated rings. The number of nitrogens with zero attached hydrogens (tertiary/aromatic N) is 2. The van der Waals surface area contributed by atoms with Crippen LogP contribution in [-0.4, -0.2) is 20.4 Å². The Morgan fingerprint density at radius 1 is 1.17 bits per heavy atom. The highest BCUT2D eigenvalue weighted by Crippen LogP contribution is 2.32. The largest absolute Gasteiger partial charge is 0.358 e. The molecule has 1 aliphatic carbocycles. The average Bonchev–Trinajstić information content (AvgIpc) is 3.12. The highest BCUT2D eigenvalue weighted by atomic mass is 16.1. The molecular formula is C24H22N4O2. The van der Waals surface area contributed by atoms with Crippen molar-refractivity contribution in [2.75, 3.05) is 5.32 Å². The number of carbonyl (C=O) groups is 1. The molecule has 3 heterocycles. The Kier molecular flexibility index (Phi) is 4.47. The van der Waals surface area contributed by atoms with Crippen molar-refractivity contribution in [1.29, 1.82) is 0 Å². The van der Waals surface area contributed by atoms with Crippen molar-refractivity contribution >= 4 is 22.5 Å². The van der Waals surface area contributed by atoms with Crippen LogP contribution in [0.2, 0.25) is 0 Å². The summed E-state index contributed by atoms with van der Waals surface area (Å²) in [6.07, 6.45) is 8.27. The molecule has 6 heteroatoms. The van der Waals surface area contributed by atoms with Gasteiger partial charge in [-0.15, -0.1) is 0 Å². The van der Waals surface area contributed by atoms with Gasteiger partial charge in [-0.1, -0.05) is 6.92 Å². The third-order valence-electron chi connectivity index (χ3n) is 5.77. The van der Waals surface area contributed by atoms with Crippen LogP contribution in [0.5, 0.6) is 0 Å². The van der Waals surface area contributed by atoms with Crippen molar-refractivity contribution in [2.24, 2.45) is 5.92 Å². The van der Waals surface area contributed by atoms with Crippen LogP contribution >= 0.6 is 0 Å². The van der Waals surface area contributed by atoms with Crippen LogP contribution < -0.4 is 10.7 Å². The maximum atomic E-state index is 12.8. The molecule has 4 aromatic rings. The van der Waals surface area contributed by atoms with Crippen molar-refractivity contribution < 1.29 is 4.79 Å². The fourth-order valence-corrected chi connectivity index (χ4v) is 4.11. The number of anilines is 1. The minimum Gasteiger partial charge on any atom is -0.358 e. The molecule has 6 nitrogen and oxygen atoms in total. The molecular weight excluding hydrogens is 376 g/mol. The Labute approximate surface area is 173 Å². The van der Waals surface area contributed by atoms with Crippen molar-refractivity contribution in [3.05, 3.63) is 88.1 Å². The van der Waals surface area contributed by atoms with E-state index < -0.39 is 0 Å². The normalized spacial score (nSPS) is 15.7. The summed E-state index contributed by atoms with van der Waals surface area (Å²) < 4.78 is 1.75. The third kappa shape index (κ3) is 3.41. The van der Waals surface area contributed by atoms with Gasteiger partial charge in [0.15, 0.2) is 5.43 Å². The fourth-order valence-electron chi connectivity index (χ4n) is 4.11. The maximum Gasteiger partial charge on any atom is 0.255 e. The molecule has 2 N–H and O–H groups in total. The quantitative estimate of drug-likeness (QED) is 0.545. The number of amides is 1. The van der Waals surface area contributed by atoms with Gasteiger partial charge < -0.3 is 14.9 Å². The third-order valence-corrected chi connectivity index (χ3v) is 5.77. The molecule has 1 aliphatic rings. The van der Waals surface area contributed by atoms with Crippen LogP contribution in [0.15, 0.2) is 65.8 Å². The number of benzene rings is 1. The number of aromatic amines is 1. The van der Waals surface area contributed by atoms with Crippen molar-refractivity contribution in [2.45, 2.75) is 26.2 Å². The van der Waals surface area contributed by atoms with Crippen LogP contribution in [0.3, 0.4) is 0 Å². The van der Waals surface area contributed by atoms with E-state index >= 15 is 0 Å². The fraction of sp³-hybridized carbons (Fsp3) is 0.208. The molecule has 0 spiro atoms. The van der Waals surface area contributed by atoms with Gasteiger partial charge in [0.1, 0.15) is 5.82 Å². The lowest BCUT2D eigenvalue weighted by molar-refractivity contribution is 0.102. The van der Waals surface area contributed by atoms with Gasteiger partial charge in [0.25, 0.3) is 5.91 Å². The molecule has 30 heavy (non-hydrogen) atoms. The molecule has 1 amide bonds. The number of hydrogen-bond donors (Lipinski definition) is 2. The van der Waals surface area contributed by atoms with Crippen molar-refractivity contribution in [3.8, 4) is 5.82 Å². The molecule has 0 bridgehead atoms. The summed E-state index contributed by atoms with van der Waals surface area (Å²) in [7, 11) is 0. The lowest BCUT2D eigenvalue weighted by Gasteiger charge is -2.18. The summed E-state index contributed by atoms with van der Waals surface area (Å²) in [6, 6.07) is 12.4. The summed E-state index contributed by atoms with van der Waals surface area (Å²) >= 11 is 0. The zero-order chi connectivity index (χ0) is 20.7. The topological polar surface area (TPSA) is 79.8 Å². The molecule has 5 rings (SSSR count). The monoisotopic (exact) mass is 398 g/mol. The van der Waals surface area contributed by atoms with Crippen LogP contribution in [0.25, 0.3) is 16.7 Å². The number of carbonyl (C=O) groups excluding carboxylic acids is 1. The molecule has 1 aromatic carbocycles. The van der Waals surface area contributed by atoms with Gasteiger partial charge in [-0.2, -0.15) is 0 Å². The predicted molar refractivity (Wildman–Crippen MR) is 117 cm³/mol. The van der Waals surface area contributed by atoms with E-state index in [4.69, 9.17) is 0 Å². The number of fused-ring (bicyclic) bond motifs is 3. The lowest BCUT2D eigenvalue weighted by atomic mass is 9.87. The van der Waals surface area contributed by atoms with E-state index in [2.05, 4.69) is 22.2 Å². The van der Waals surface area contributed by atoms with Gasteiger partial charge in [0, 0.05) is 46.7 Å². The second kappa shape index (κ2) is 7.30. The number of H-pyrrole nitrogens is 1. The number of aromatic nitrogens is 3. The smallest absolute Gasteiger partial charge is 0.255 e. The molecule has 150 valence electrons. The molecule has 1 unspecified atom stereocenters. The second-order valence-electron chi connectivity index (χ2n) is 7.99. The molecule has 0 radical (unpaired) electrons. The minimum atomic E-state index is -0.159. The Morgan fingerprint density at radius 3 is 2.77 bits per heavy atom. The number of aryl methyl sites for hydroxylation is 1. The van der Waals surface area contributed by atoms with E-state index in [1.165, 1.54) is 29.8 Å². The predicted octanol–water partition coefficient (Wildman–Crippen LogP) is 4.09. The first-order valence-electron chi connectivity index (χ1n) is 10.2. The van der Waals surface area contributed by atoms with E-state index in [0.717, 1.165) is 23.7 Å². The van der Waals surface area contributed by atoms with Crippen LogP contribution in [-0.2, 0) is 12.8 Å². The minimum absolute atomic E-state index is 0.0507. The maximum absolute atomic E-state index is 12.8. The zero-order valence-corrected chi connectivity index (χ0v) is 16.7. The Hall–Kier alpha value is -3.67. The van der Waals surface area contributed by atoms with Gasteiger partial charge in [-0.25, -0.2) is 4.98 Å². The van der Waals surface area contributed by atoms with E-state index in [0.29, 0.717) is 23.0 Å². The lowest BCUT2D eigenvalue weighted by Crippen LogP contribution is -2.12. The summed E-state index contributed by atoms with van der Waals surface area (Å²) in [6.45, 7) is 2.28. The molecule has 3 aromatic heterocycles. The standard InChI is InChI=1S/C24H22N4O2/c1-15-2-5-21-19(12-15)20-13-16(3-6-22(20)27-21)24(30)26-17-4-7-23(25-14-17)28-10-8-18(29)9-11-28/h3-4,6-11,13-15,27H,2,5,12H2,1H3,(H,26,30). The van der Waals surface area contributed by atoms with Crippen molar-refractivity contribution in [3.63, 3.8) is 0 Å². The molecule has 1 atom stereocenters. The van der Waals surface area contributed by atoms with E-state index in [1.54, 1.807) is 35.3 Å². The van der Waals surface area contributed by atoms with Crippen LogP contribution in [0.4, 0.5) is 5.69 Å². The first-order valence-corrected chi connectivity index (χ1v) is 10.2. The first-order chi connectivity index (χ1) is 14.6. The first kappa shape index (κ1) is 18.4. The number of rotatable bonds is 3. The van der Waals surface area contributed by atoms with E-state index in [-0.39, 0.29) is 11.3 Å². The van der Waals surface area contributed by atoms with Crippen LogP contribution in [0.1, 0.15) is 35.0 Å². The Bertz CT molecular complexity index is 1280. The van der Waals surface area contributed by atoms with E-state index in [9.17, 15) is 9.59 Å². The van der Waals surface area contributed by atoms with Crippen LogP contribution in [0, 0.1) is 5.92 Å². The summed E-state index contributed by atoms with van der Waals surface area (Å²) in [4.78, 5) is 31.9. The zero-order valence-electron chi connectivity index (χ0n) is 16.7. The van der Waals surface area contributed by atoms with Gasteiger partial charge in [-0.3, -0.25) is 9.59 Å². The van der Waals surface area contributed by atoms with Gasteiger partial charge in [0.2, 0.25) is 0 Å². The Morgan fingerprint density at radius 2 is 2.00 bits per heavy atom. The number of nitrogens with one attached hydrogen (secondary N) is 2. The molecule has 0 saturated heterocycles. The van der Waals surface area contributed by atoms with E-state index in [1.807, 2.05) is 18.2 Å². The number of hydrogen-bond acceptors (Lipinski definition) is 3. The highest BCUT2D eigenvalue weighted by Gasteiger charge is 2.20. The summed E-state index contributed by atoms with van der Waals surface area (Å²) in [5, 5.41) is 4.07. The molecule has 0 aliphatic heterocycles. The van der Waals surface area contributed by atoms with Gasteiger partial charge >= 0.3 is 0 Å². The average molecular weight is 398 g/mol. The molecule has 0 saturated carbocycles. The SMILES string of the molecule is CC1CCc2[nH]c3ccc(C(=O)Nc4ccc(-n5ccc(=O)cc5)nc4)cc3c2C1. The van der Waals surface area contributed by atoms with Gasteiger partial charge in [-0.05, 0) is 61.1 Å². The Balaban J connectivity index is 1.37. The van der Waals surface area contributed by atoms with Gasteiger partial charge in [0.05, 0.1) is 11.9 Å². The summed E-state index contributed by atoms with van der Waals surface area (Å²) in [5.41, 5.74) is 4.96.